The molecule has 0 bridgehead atoms. The zero-order chi connectivity index (χ0) is 12.4. The number of aliphatic hydroxyl groups excluding tert-OH is 1. The number of halogens is 3. The molecule has 0 aliphatic carbocycles. The number of rotatable bonds is 2. The summed E-state index contributed by atoms with van der Waals surface area (Å²) >= 11 is 17.8. The fourth-order valence-electron chi connectivity index (χ4n) is 1.39. The maximum absolute atomic E-state index is 8.92. The molecular weight excluding hydrogens is 280 g/mol. The van der Waals surface area contributed by atoms with Crippen LogP contribution in [0.2, 0.25) is 15.1 Å². The maximum Gasteiger partial charge on any atom is 0.0778 e. The van der Waals surface area contributed by atoms with Gasteiger partial charge in [0.1, 0.15) is 0 Å². The minimum Gasteiger partial charge on any atom is -0.392 e. The highest BCUT2D eigenvalue weighted by Gasteiger charge is 2.08. The van der Waals surface area contributed by atoms with Crippen LogP contribution in [0.4, 0.5) is 0 Å². The third-order valence-corrected chi connectivity index (χ3v) is 3.48. The standard InChI is InChI=1S/C12H8Cl3NO/c13-9-3-8(4-10(14)12(9)15)11-2-1-7(6-17)5-16-11/h1-5,17H,6H2. The molecule has 0 amide bonds. The van der Waals surface area contributed by atoms with Crippen molar-refractivity contribution in [3.05, 3.63) is 51.1 Å². The Morgan fingerprint density at radius 1 is 1.06 bits per heavy atom. The molecule has 1 N–H and O–H groups in total. The van der Waals surface area contributed by atoms with E-state index in [2.05, 4.69) is 4.98 Å². The lowest BCUT2D eigenvalue weighted by molar-refractivity contribution is 0.281. The molecule has 0 unspecified atom stereocenters. The predicted octanol–water partition coefficient (Wildman–Crippen LogP) is 4.20. The van der Waals surface area contributed by atoms with Crippen molar-refractivity contribution in [1.82, 2.24) is 4.98 Å². The minimum absolute atomic E-state index is 0.0323. The molecule has 0 aliphatic rings. The largest absolute Gasteiger partial charge is 0.392 e. The molecule has 2 rings (SSSR count). The van der Waals surface area contributed by atoms with Crippen molar-refractivity contribution in [2.24, 2.45) is 0 Å². The molecule has 0 saturated heterocycles. The summed E-state index contributed by atoms with van der Waals surface area (Å²) in [5.74, 6) is 0. The molecule has 1 heterocycles. The number of benzene rings is 1. The van der Waals surface area contributed by atoms with Gasteiger partial charge in [0.25, 0.3) is 0 Å². The van der Waals surface area contributed by atoms with E-state index in [1.54, 1.807) is 30.5 Å². The van der Waals surface area contributed by atoms with E-state index in [4.69, 9.17) is 39.9 Å². The number of pyridine rings is 1. The Kier molecular flexibility index (Phi) is 3.89. The maximum atomic E-state index is 8.92. The first-order chi connectivity index (χ1) is 8.11. The van der Waals surface area contributed by atoms with Crippen molar-refractivity contribution >= 4 is 34.8 Å². The van der Waals surface area contributed by atoms with Gasteiger partial charge in [0, 0.05) is 11.8 Å². The van der Waals surface area contributed by atoms with Crippen LogP contribution in [0.25, 0.3) is 11.3 Å². The van der Waals surface area contributed by atoms with E-state index in [0.29, 0.717) is 15.1 Å². The van der Waals surface area contributed by atoms with Gasteiger partial charge in [-0.25, -0.2) is 0 Å². The van der Waals surface area contributed by atoms with Gasteiger partial charge in [-0.05, 0) is 23.8 Å². The molecule has 88 valence electrons. The fraction of sp³-hybridized carbons (Fsp3) is 0.0833. The lowest BCUT2D eigenvalue weighted by atomic mass is 10.1. The minimum atomic E-state index is -0.0323. The molecule has 0 saturated carbocycles. The van der Waals surface area contributed by atoms with Gasteiger partial charge in [0.2, 0.25) is 0 Å². The van der Waals surface area contributed by atoms with Gasteiger partial charge >= 0.3 is 0 Å². The first kappa shape index (κ1) is 12.7. The zero-order valence-electron chi connectivity index (χ0n) is 8.62. The van der Waals surface area contributed by atoms with E-state index in [9.17, 15) is 0 Å². The van der Waals surface area contributed by atoms with Crippen molar-refractivity contribution in [3.8, 4) is 11.3 Å². The van der Waals surface area contributed by atoms with E-state index in [-0.39, 0.29) is 6.61 Å². The van der Waals surface area contributed by atoms with Crippen LogP contribution in [0, 0.1) is 0 Å². The normalized spacial score (nSPS) is 10.6. The first-order valence-electron chi connectivity index (χ1n) is 4.82. The van der Waals surface area contributed by atoms with Crippen molar-refractivity contribution in [2.45, 2.75) is 6.61 Å². The Labute approximate surface area is 114 Å². The van der Waals surface area contributed by atoms with E-state index in [1.807, 2.05) is 0 Å². The second-order valence-electron chi connectivity index (χ2n) is 3.46. The van der Waals surface area contributed by atoms with Crippen LogP contribution in [0.15, 0.2) is 30.5 Å². The van der Waals surface area contributed by atoms with Gasteiger partial charge in [-0.2, -0.15) is 0 Å². The Morgan fingerprint density at radius 2 is 1.71 bits per heavy atom. The van der Waals surface area contributed by atoms with Gasteiger partial charge in [-0.15, -0.1) is 0 Å². The lowest BCUT2D eigenvalue weighted by Gasteiger charge is -2.05. The van der Waals surface area contributed by atoms with E-state index in [0.717, 1.165) is 16.8 Å². The molecule has 0 radical (unpaired) electrons. The quantitative estimate of drug-likeness (QED) is 0.840. The van der Waals surface area contributed by atoms with Crippen molar-refractivity contribution in [2.75, 3.05) is 0 Å². The Hall–Kier alpha value is -0.800. The molecule has 0 fully saturated rings. The highest BCUT2D eigenvalue weighted by Crippen LogP contribution is 2.34. The number of aromatic nitrogens is 1. The van der Waals surface area contributed by atoms with Gasteiger partial charge in [0.05, 0.1) is 27.4 Å². The van der Waals surface area contributed by atoms with E-state index in [1.165, 1.54) is 0 Å². The average Bonchev–Trinajstić information content (AvgIpc) is 2.35. The third-order valence-electron chi connectivity index (χ3n) is 2.29. The van der Waals surface area contributed by atoms with Gasteiger partial charge < -0.3 is 5.11 Å². The summed E-state index contributed by atoms with van der Waals surface area (Å²) in [5.41, 5.74) is 2.26. The monoisotopic (exact) mass is 287 g/mol. The van der Waals surface area contributed by atoms with Crippen LogP contribution in [0.5, 0.6) is 0 Å². The van der Waals surface area contributed by atoms with Crippen LogP contribution in [-0.2, 0) is 6.61 Å². The van der Waals surface area contributed by atoms with E-state index < -0.39 is 0 Å². The predicted molar refractivity (Wildman–Crippen MR) is 70.6 cm³/mol. The number of hydrogen-bond donors (Lipinski definition) is 1. The van der Waals surface area contributed by atoms with Crippen LogP contribution in [0.1, 0.15) is 5.56 Å². The molecule has 1 aromatic carbocycles. The zero-order valence-corrected chi connectivity index (χ0v) is 10.9. The smallest absolute Gasteiger partial charge is 0.0778 e. The summed E-state index contributed by atoms with van der Waals surface area (Å²) in [5, 5.41) is 10.0. The number of aliphatic hydroxyl groups is 1. The number of hydrogen-bond acceptors (Lipinski definition) is 2. The molecule has 2 aromatic rings. The summed E-state index contributed by atoms with van der Waals surface area (Å²) in [7, 11) is 0. The Bertz CT molecular complexity index is 517. The van der Waals surface area contributed by atoms with Crippen molar-refractivity contribution in [3.63, 3.8) is 0 Å². The molecule has 5 heteroatoms. The number of nitrogens with zero attached hydrogens (tertiary/aromatic N) is 1. The molecular formula is C12H8Cl3NO. The molecule has 0 aliphatic heterocycles. The van der Waals surface area contributed by atoms with Crippen LogP contribution < -0.4 is 0 Å². The summed E-state index contributed by atoms with van der Waals surface area (Å²) in [6.45, 7) is -0.0323. The van der Waals surface area contributed by atoms with Crippen molar-refractivity contribution in [1.29, 1.82) is 0 Å². The molecule has 2 nitrogen and oxygen atoms in total. The fourth-order valence-corrected chi connectivity index (χ4v) is 1.99. The highest BCUT2D eigenvalue weighted by atomic mass is 35.5. The summed E-state index contributed by atoms with van der Waals surface area (Å²) in [4.78, 5) is 4.21. The van der Waals surface area contributed by atoms with Gasteiger partial charge in [-0.3, -0.25) is 4.98 Å². The molecule has 0 atom stereocenters. The van der Waals surface area contributed by atoms with E-state index >= 15 is 0 Å². The summed E-state index contributed by atoms with van der Waals surface area (Å²) < 4.78 is 0. The van der Waals surface area contributed by atoms with Gasteiger partial charge in [0.15, 0.2) is 0 Å². The second kappa shape index (κ2) is 5.23. The third kappa shape index (κ3) is 2.72. The SMILES string of the molecule is OCc1ccc(-c2cc(Cl)c(Cl)c(Cl)c2)nc1. The molecule has 0 spiro atoms. The molecule has 17 heavy (non-hydrogen) atoms. The Morgan fingerprint density at radius 3 is 2.18 bits per heavy atom. The Balaban J connectivity index is 2.45. The first-order valence-corrected chi connectivity index (χ1v) is 5.96. The van der Waals surface area contributed by atoms with Crippen LogP contribution in [-0.4, -0.2) is 10.1 Å². The average molecular weight is 289 g/mol. The lowest BCUT2D eigenvalue weighted by Crippen LogP contribution is -1.88. The van der Waals surface area contributed by atoms with Gasteiger partial charge in [-0.1, -0.05) is 40.9 Å². The van der Waals surface area contributed by atoms with Crippen LogP contribution in [0.3, 0.4) is 0 Å². The molecule has 1 aromatic heterocycles. The second-order valence-corrected chi connectivity index (χ2v) is 4.66. The topological polar surface area (TPSA) is 33.1 Å². The summed E-state index contributed by atoms with van der Waals surface area (Å²) in [6, 6.07) is 6.99. The highest BCUT2D eigenvalue weighted by molar-refractivity contribution is 6.48. The summed E-state index contributed by atoms with van der Waals surface area (Å²) in [6.07, 6.45) is 1.60. The van der Waals surface area contributed by atoms with Crippen molar-refractivity contribution < 1.29 is 5.11 Å². The van der Waals surface area contributed by atoms with Crippen LogP contribution >= 0.6 is 34.8 Å².